The first-order valence-corrected chi connectivity index (χ1v) is 6.56. The standard InChI is InChI=1S/C14H15BrN2O/c1-9-14(10(2)17(3)16-9)13(18)8-11-4-6-12(15)7-5-11/h4-7H,8H2,1-3H3. The molecular formula is C14H15BrN2O. The van der Waals surface area contributed by atoms with Gasteiger partial charge in [0.1, 0.15) is 0 Å². The number of aromatic nitrogens is 2. The summed E-state index contributed by atoms with van der Waals surface area (Å²) in [6, 6.07) is 7.82. The maximum absolute atomic E-state index is 12.3. The van der Waals surface area contributed by atoms with Crippen LogP contribution in [0.1, 0.15) is 27.3 Å². The first-order valence-electron chi connectivity index (χ1n) is 5.77. The fourth-order valence-electron chi connectivity index (χ4n) is 2.05. The molecule has 0 aliphatic heterocycles. The number of rotatable bonds is 3. The van der Waals surface area contributed by atoms with Gasteiger partial charge in [-0.25, -0.2) is 0 Å². The monoisotopic (exact) mass is 306 g/mol. The van der Waals surface area contributed by atoms with Crippen molar-refractivity contribution in [3.05, 3.63) is 51.3 Å². The molecule has 2 aromatic rings. The number of hydrogen-bond donors (Lipinski definition) is 0. The number of ketones is 1. The van der Waals surface area contributed by atoms with E-state index >= 15 is 0 Å². The average molecular weight is 307 g/mol. The van der Waals surface area contributed by atoms with Crippen molar-refractivity contribution in [2.45, 2.75) is 20.3 Å². The van der Waals surface area contributed by atoms with Gasteiger partial charge in [0.05, 0.1) is 11.3 Å². The van der Waals surface area contributed by atoms with Gasteiger partial charge in [0.15, 0.2) is 5.78 Å². The van der Waals surface area contributed by atoms with Gasteiger partial charge in [0.25, 0.3) is 0 Å². The third-order valence-electron chi connectivity index (χ3n) is 3.07. The van der Waals surface area contributed by atoms with Crippen LogP contribution in [0, 0.1) is 13.8 Å². The highest BCUT2D eigenvalue weighted by atomic mass is 79.9. The summed E-state index contributed by atoms with van der Waals surface area (Å²) >= 11 is 3.38. The van der Waals surface area contributed by atoms with Crippen LogP contribution in [-0.4, -0.2) is 15.6 Å². The molecule has 2 rings (SSSR count). The number of aryl methyl sites for hydroxylation is 2. The van der Waals surface area contributed by atoms with Crippen LogP contribution < -0.4 is 0 Å². The third kappa shape index (κ3) is 2.53. The van der Waals surface area contributed by atoms with Crippen molar-refractivity contribution in [1.29, 1.82) is 0 Å². The second-order valence-corrected chi connectivity index (χ2v) is 5.31. The first kappa shape index (κ1) is 13.0. The Morgan fingerprint density at radius 2 is 1.89 bits per heavy atom. The van der Waals surface area contributed by atoms with E-state index in [0.717, 1.165) is 27.0 Å². The van der Waals surface area contributed by atoms with Crippen LogP contribution in [0.5, 0.6) is 0 Å². The summed E-state index contributed by atoms with van der Waals surface area (Å²) in [5, 5.41) is 4.28. The molecule has 1 aromatic heterocycles. The molecule has 0 unspecified atom stereocenters. The lowest BCUT2D eigenvalue weighted by atomic mass is 10.0. The van der Waals surface area contributed by atoms with Crippen molar-refractivity contribution >= 4 is 21.7 Å². The predicted octanol–water partition coefficient (Wildman–Crippen LogP) is 3.22. The number of nitrogens with zero attached hydrogens (tertiary/aromatic N) is 2. The van der Waals surface area contributed by atoms with Gasteiger partial charge in [-0.05, 0) is 31.5 Å². The molecule has 0 amide bonds. The van der Waals surface area contributed by atoms with Crippen molar-refractivity contribution in [2.75, 3.05) is 0 Å². The van der Waals surface area contributed by atoms with Gasteiger partial charge in [0.2, 0.25) is 0 Å². The molecule has 0 N–H and O–H groups in total. The van der Waals surface area contributed by atoms with E-state index in [1.165, 1.54) is 0 Å². The summed E-state index contributed by atoms with van der Waals surface area (Å²) in [5.41, 5.74) is 3.50. The summed E-state index contributed by atoms with van der Waals surface area (Å²) in [5.74, 6) is 0.125. The van der Waals surface area contributed by atoms with E-state index in [2.05, 4.69) is 21.0 Å². The molecule has 1 aromatic carbocycles. The lowest BCUT2D eigenvalue weighted by Gasteiger charge is -2.02. The lowest BCUT2D eigenvalue weighted by molar-refractivity contribution is 0.0991. The number of carbonyl (C=O) groups is 1. The summed E-state index contributed by atoms with van der Waals surface area (Å²) in [6.45, 7) is 3.80. The zero-order valence-corrected chi connectivity index (χ0v) is 12.3. The molecule has 0 fully saturated rings. The van der Waals surface area contributed by atoms with E-state index in [0.29, 0.717) is 6.42 Å². The fraction of sp³-hybridized carbons (Fsp3) is 0.286. The molecule has 0 atom stereocenters. The van der Waals surface area contributed by atoms with Crippen molar-refractivity contribution in [2.24, 2.45) is 7.05 Å². The van der Waals surface area contributed by atoms with Crippen LogP contribution in [-0.2, 0) is 13.5 Å². The van der Waals surface area contributed by atoms with Gasteiger partial charge >= 0.3 is 0 Å². The van der Waals surface area contributed by atoms with Crippen molar-refractivity contribution < 1.29 is 4.79 Å². The summed E-state index contributed by atoms with van der Waals surface area (Å²) < 4.78 is 2.77. The fourth-order valence-corrected chi connectivity index (χ4v) is 2.32. The number of halogens is 1. The number of hydrogen-bond acceptors (Lipinski definition) is 2. The SMILES string of the molecule is Cc1nn(C)c(C)c1C(=O)Cc1ccc(Br)cc1. The summed E-state index contributed by atoms with van der Waals surface area (Å²) in [4.78, 5) is 12.3. The third-order valence-corrected chi connectivity index (χ3v) is 3.59. The Hall–Kier alpha value is -1.42. The minimum absolute atomic E-state index is 0.125. The van der Waals surface area contributed by atoms with Crippen LogP contribution >= 0.6 is 15.9 Å². The first-order chi connectivity index (χ1) is 8.49. The van der Waals surface area contributed by atoms with Gasteiger partial charge in [-0.3, -0.25) is 9.48 Å². The van der Waals surface area contributed by atoms with Crippen LogP contribution in [0.4, 0.5) is 0 Å². The van der Waals surface area contributed by atoms with Gasteiger partial charge in [-0.1, -0.05) is 28.1 Å². The Bertz CT molecular complexity index is 585. The van der Waals surface area contributed by atoms with E-state index in [9.17, 15) is 4.79 Å². The van der Waals surface area contributed by atoms with Gasteiger partial charge in [-0.2, -0.15) is 5.10 Å². The van der Waals surface area contributed by atoms with E-state index in [-0.39, 0.29) is 5.78 Å². The van der Waals surface area contributed by atoms with Crippen LogP contribution in [0.15, 0.2) is 28.7 Å². The zero-order valence-electron chi connectivity index (χ0n) is 10.7. The highest BCUT2D eigenvalue weighted by molar-refractivity contribution is 9.10. The van der Waals surface area contributed by atoms with Gasteiger partial charge in [0, 0.05) is 23.6 Å². The molecule has 0 aliphatic rings. The van der Waals surface area contributed by atoms with E-state index < -0.39 is 0 Å². The Morgan fingerprint density at radius 3 is 2.39 bits per heavy atom. The molecule has 4 heteroatoms. The average Bonchev–Trinajstić information content (AvgIpc) is 2.56. The molecule has 0 radical (unpaired) electrons. The summed E-state index contributed by atoms with van der Waals surface area (Å²) in [7, 11) is 1.86. The Kier molecular flexibility index (Phi) is 3.66. The second-order valence-electron chi connectivity index (χ2n) is 4.40. The van der Waals surface area contributed by atoms with Crippen LogP contribution in [0.2, 0.25) is 0 Å². The van der Waals surface area contributed by atoms with Gasteiger partial charge < -0.3 is 0 Å². The maximum atomic E-state index is 12.3. The van der Waals surface area contributed by atoms with Crippen molar-refractivity contribution in [3.63, 3.8) is 0 Å². The lowest BCUT2D eigenvalue weighted by Crippen LogP contribution is -2.06. The molecule has 94 valence electrons. The Morgan fingerprint density at radius 1 is 1.28 bits per heavy atom. The number of carbonyl (C=O) groups excluding carboxylic acids is 1. The highest BCUT2D eigenvalue weighted by Crippen LogP contribution is 2.17. The molecule has 0 bridgehead atoms. The van der Waals surface area contributed by atoms with E-state index in [1.54, 1.807) is 4.68 Å². The van der Waals surface area contributed by atoms with Crippen LogP contribution in [0.3, 0.4) is 0 Å². The molecule has 0 aliphatic carbocycles. The molecule has 0 saturated heterocycles. The molecule has 3 nitrogen and oxygen atoms in total. The smallest absolute Gasteiger partial charge is 0.170 e. The highest BCUT2D eigenvalue weighted by Gasteiger charge is 2.17. The minimum atomic E-state index is 0.125. The molecule has 0 spiro atoms. The second kappa shape index (κ2) is 5.06. The van der Waals surface area contributed by atoms with Crippen LogP contribution in [0.25, 0.3) is 0 Å². The maximum Gasteiger partial charge on any atom is 0.170 e. The van der Waals surface area contributed by atoms with Crippen molar-refractivity contribution in [3.8, 4) is 0 Å². The normalized spacial score (nSPS) is 10.7. The zero-order chi connectivity index (χ0) is 13.3. The Balaban J connectivity index is 2.24. The molecule has 0 saturated carbocycles. The summed E-state index contributed by atoms with van der Waals surface area (Å²) in [6.07, 6.45) is 0.417. The molecule has 1 heterocycles. The Labute approximate surface area is 115 Å². The topological polar surface area (TPSA) is 34.9 Å². The van der Waals surface area contributed by atoms with E-state index in [1.807, 2.05) is 45.2 Å². The number of benzene rings is 1. The predicted molar refractivity (Wildman–Crippen MR) is 74.9 cm³/mol. The van der Waals surface area contributed by atoms with E-state index in [4.69, 9.17) is 0 Å². The molecular weight excluding hydrogens is 292 g/mol. The quantitative estimate of drug-likeness (QED) is 0.816. The number of Topliss-reactive ketones (excluding diaryl/α,β-unsaturated/α-hetero) is 1. The largest absolute Gasteiger partial charge is 0.294 e. The molecule has 18 heavy (non-hydrogen) atoms. The van der Waals surface area contributed by atoms with Gasteiger partial charge in [-0.15, -0.1) is 0 Å². The minimum Gasteiger partial charge on any atom is -0.294 e. The van der Waals surface area contributed by atoms with Crippen molar-refractivity contribution in [1.82, 2.24) is 9.78 Å².